The maximum atomic E-state index is 12.6. The lowest BCUT2D eigenvalue weighted by atomic mass is 10.1. The van der Waals surface area contributed by atoms with Crippen molar-refractivity contribution in [1.82, 2.24) is 4.72 Å². The molecule has 2 aromatic carbocycles. The molecular weight excluding hydrogens is 338 g/mol. The van der Waals surface area contributed by atoms with E-state index in [-0.39, 0.29) is 11.3 Å². The first-order chi connectivity index (χ1) is 11.7. The third kappa shape index (κ3) is 5.99. The molecule has 2 rings (SSSR count). The summed E-state index contributed by atoms with van der Waals surface area (Å²) in [4.78, 5) is 12.6. The molecule has 0 radical (unpaired) electrons. The summed E-state index contributed by atoms with van der Waals surface area (Å²) in [7, 11) is -3.83. The van der Waals surface area contributed by atoms with Gasteiger partial charge >= 0.3 is 5.97 Å². The lowest BCUT2D eigenvalue weighted by Gasteiger charge is -2.24. The lowest BCUT2D eigenvalue weighted by molar-refractivity contribution is -0.156. The number of nitrogens with one attached hydrogen (secondary N) is 1. The summed E-state index contributed by atoms with van der Waals surface area (Å²) in [6, 6.07) is 16.2. The Morgan fingerprint density at radius 1 is 1.00 bits per heavy atom. The Kier molecular flexibility index (Phi) is 5.98. The van der Waals surface area contributed by atoms with E-state index in [0.717, 1.165) is 5.56 Å². The second-order valence-corrected chi connectivity index (χ2v) is 8.42. The van der Waals surface area contributed by atoms with Gasteiger partial charge in [-0.25, -0.2) is 8.42 Å². The van der Waals surface area contributed by atoms with E-state index in [2.05, 4.69) is 4.72 Å². The van der Waals surface area contributed by atoms with Gasteiger partial charge in [0, 0.05) is 0 Å². The fourth-order valence-electron chi connectivity index (χ4n) is 2.25. The molecule has 0 bridgehead atoms. The number of hydrogen-bond acceptors (Lipinski definition) is 4. The minimum absolute atomic E-state index is 0.108. The SMILES string of the molecule is CC(C)(C)OC(=O)C(Cc1ccccc1)NS(=O)(=O)c1ccccc1. The third-order valence-corrected chi connectivity index (χ3v) is 4.81. The van der Waals surface area contributed by atoms with Gasteiger partial charge < -0.3 is 4.74 Å². The van der Waals surface area contributed by atoms with Crippen LogP contribution in [0.5, 0.6) is 0 Å². The minimum atomic E-state index is -3.83. The summed E-state index contributed by atoms with van der Waals surface area (Å²) in [5.74, 6) is -0.601. The lowest BCUT2D eigenvalue weighted by Crippen LogP contribution is -2.45. The van der Waals surface area contributed by atoms with Crippen LogP contribution in [-0.2, 0) is 26.0 Å². The monoisotopic (exact) mass is 361 g/mol. The number of carbonyl (C=O) groups excluding carboxylic acids is 1. The van der Waals surface area contributed by atoms with Crippen LogP contribution >= 0.6 is 0 Å². The molecule has 0 saturated heterocycles. The molecule has 0 saturated carbocycles. The summed E-state index contributed by atoms with van der Waals surface area (Å²) >= 11 is 0. The molecule has 2 aromatic rings. The van der Waals surface area contributed by atoms with E-state index in [1.807, 2.05) is 30.3 Å². The average molecular weight is 361 g/mol. The van der Waals surface area contributed by atoms with Crippen LogP contribution in [0, 0.1) is 0 Å². The number of carbonyl (C=O) groups is 1. The van der Waals surface area contributed by atoms with Crippen molar-refractivity contribution < 1.29 is 17.9 Å². The highest BCUT2D eigenvalue weighted by molar-refractivity contribution is 7.89. The maximum absolute atomic E-state index is 12.6. The Labute approximate surface area is 149 Å². The highest BCUT2D eigenvalue weighted by Crippen LogP contribution is 2.14. The zero-order valence-electron chi connectivity index (χ0n) is 14.6. The van der Waals surface area contributed by atoms with Gasteiger partial charge in [0.15, 0.2) is 0 Å². The second kappa shape index (κ2) is 7.80. The van der Waals surface area contributed by atoms with Crippen molar-refractivity contribution in [1.29, 1.82) is 0 Å². The van der Waals surface area contributed by atoms with Crippen LogP contribution in [0.25, 0.3) is 0 Å². The zero-order valence-corrected chi connectivity index (χ0v) is 15.4. The largest absolute Gasteiger partial charge is 0.459 e. The van der Waals surface area contributed by atoms with Gasteiger partial charge in [0.1, 0.15) is 11.6 Å². The predicted octanol–water partition coefficient (Wildman–Crippen LogP) is 2.92. The van der Waals surface area contributed by atoms with Crippen molar-refractivity contribution >= 4 is 16.0 Å². The van der Waals surface area contributed by atoms with Gasteiger partial charge in [0.25, 0.3) is 0 Å². The van der Waals surface area contributed by atoms with E-state index < -0.39 is 27.6 Å². The molecule has 0 heterocycles. The number of esters is 1. The van der Waals surface area contributed by atoms with Gasteiger partial charge in [-0.2, -0.15) is 4.72 Å². The second-order valence-electron chi connectivity index (χ2n) is 6.71. The van der Waals surface area contributed by atoms with Gasteiger partial charge in [-0.3, -0.25) is 4.79 Å². The van der Waals surface area contributed by atoms with E-state index in [9.17, 15) is 13.2 Å². The summed E-state index contributed by atoms with van der Waals surface area (Å²) < 4.78 is 33.0. The van der Waals surface area contributed by atoms with E-state index >= 15 is 0 Å². The molecule has 134 valence electrons. The Morgan fingerprint density at radius 3 is 2.04 bits per heavy atom. The van der Waals surface area contributed by atoms with Crippen molar-refractivity contribution in [3.8, 4) is 0 Å². The quantitative estimate of drug-likeness (QED) is 0.803. The molecule has 6 heteroatoms. The Bertz CT molecular complexity index is 796. The number of benzene rings is 2. The van der Waals surface area contributed by atoms with Crippen molar-refractivity contribution in [3.05, 3.63) is 66.2 Å². The molecule has 5 nitrogen and oxygen atoms in total. The number of hydrogen-bond donors (Lipinski definition) is 1. The first-order valence-electron chi connectivity index (χ1n) is 8.01. The standard InChI is InChI=1S/C19H23NO4S/c1-19(2,3)24-18(21)17(14-15-10-6-4-7-11-15)20-25(22,23)16-12-8-5-9-13-16/h4-13,17,20H,14H2,1-3H3. The molecule has 1 atom stereocenters. The molecule has 0 aliphatic carbocycles. The van der Waals surface area contributed by atoms with Crippen molar-refractivity contribution in [3.63, 3.8) is 0 Å². The molecule has 0 spiro atoms. The summed E-state index contributed by atoms with van der Waals surface area (Å²) in [6.07, 6.45) is 0.210. The van der Waals surface area contributed by atoms with Gasteiger partial charge in [-0.05, 0) is 44.9 Å². The molecular formula is C19H23NO4S. The number of sulfonamides is 1. The van der Waals surface area contributed by atoms with Crippen LogP contribution in [0.2, 0.25) is 0 Å². The molecule has 0 aromatic heterocycles. The third-order valence-electron chi connectivity index (χ3n) is 3.32. The van der Waals surface area contributed by atoms with E-state index in [4.69, 9.17) is 4.74 Å². The molecule has 1 N–H and O–H groups in total. The van der Waals surface area contributed by atoms with Crippen LogP contribution in [0.4, 0.5) is 0 Å². The molecule has 0 aliphatic heterocycles. The Hall–Kier alpha value is -2.18. The highest BCUT2D eigenvalue weighted by Gasteiger charge is 2.30. The topological polar surface area (TPSA) is 72.5 Å². The number of rotatable bonds is 6. The zero-order chi connectivity index (χ0) is 18.5. The first-order valence-corrected chi connectivity index (χ1v) is 9.50. The van der Waals surface area contributed by atoms with E-state index in [1.165, 1.54) is 12.1 Å². The Balaban J connectivity index is 2.26. The van der Waals surface area contributed by atoms with Crippen LogP contribution < -0.4 is 4.72 Å². The van der Waals surface area contributed by atoms with Crippen molar-refractivity contribution in [2.75, 3.05) is 0 Å². The van der Waals surface area contributed by atoms with Crippen molar-refractivity contribution in [2.24, 2.45) is 0 Å². The number of ether oxygens (including phenoxy) is 1. The average Bonchev–Trinajstić information content (AvgIpc) is 2.54. The van der Waals surface area contributed by atoms with Gasteiger partial charge in [-0.15, -0.1) is 0 Å². The maximum Gasteiger partial charge on any atom is 0.325 e. The summed E-state index contributed by atoms with van der Waals surface area (Å²) in [5, 5.41) is 0. The fraction of sp³-hybridized carbons (Fsp3) is 0.316. The van der Waals surface area contributed by atoms with Crippen LogP contribution in [0.3, 0.4) is 0 Å². The van der Waals surface area contributed by atoms with Crippen LogP contribution in [0.15, 0.2) is 65.6 Å². The van der Waals surface area contributed by atoms with Crippen LogP contribution in [0.1, 0.15) is 26.3 Å². The molecule has 25 heavy (non-hydrogen) atoms. The fourth-order valence-corrected chi connectivity index (χ4v) is 3.46. The van der Waals surface area contributed by atoms with Gasteiger partial charge in [0.05, 0.1) is 4.90 Å². The van der Waals surface area contributed by atoms with E-state index in [1.54, 1.807) is 39.0 Å². The highest BCUT2D eigenvalue weighted by atomic mass is 32.2. The van der Waals surface area contributed by atoms with Gasteiger partial charge in [-0.1, -0.05) is 48.5 Å². The van der Waals surface area contributed by atoms with Crippen molar-refractivity contribution in [2.45, 2.75) is 43.7 Å². The molecule has 0 aliphatic rings. The van der Waals surface area contributed by atoms with E-state index in [0.29, 0.717) is 0 Å². The van der Waals surface area contributed by atoms with Gasteiger partial charge in [0.2, 0.25) is 10.0 Å². The molecule has 0 amide bonds. The predicted molar refractivity (Wildman–Crippen MR) is 96.5 cm³/mol. The summed E-state index contributed by atoms with van der Waals surface area (Å²) in [5.41, 5.74) is 0.138. The van der Waals surface area contributed by atoms with Crippen LogP contribution in [-0.4, -0.2) is 26.0 Å². The normalized spacial score (nSPS) is 13.2. The first kappa shape index (κ1) is 19.1. The minimum Gasteiger partial charge on any atom is -0.459 e. The molecule has 0 fully saturated rings. The molecule has 1 unspecified atom stereocenters. The summed E-state index contributed by atoms with van der Waals surface area (Å²) in [6.45, 7) is 5.24. The smallest absolute Gasteiger partial charge is 0.325 e. The Morgan fingerprint density at radius 2 is 1.52 bits per heavy atom.